The van der Waals surface area contributed by atoms with Crippen molar-refractivity contribution in [1.82, 2.24) is 9.97 Å². The van der Waals surface area contributed by atoms with Gasteiger partial charge in [0.1, 0.15) is 5.56 Å². The number of rotatable bonds is 6. The van der Waals surface area contributed by atoms with Crippen LogP contribution in [0, 0.1) is 6.92 Å². The summed E-state index contributed by atoms with van der Waals surface area (Å²) in [5.41, 5.74) is 2.57. The molecule has 0 atom stereocenters. The molecule has 0 aliphatic heterocycles. The van der Waals surface area contributed by atoms with E-state index in [1.807, 2.05) is 19.1 Å². The molecule has 2 rings (SSSR count). The first-order chi connectivity index (χ1) is 10.2. The minimum atomic E-state index is -0.396. The first-order valence-electron chi connectivity index (χ1n) is 6.83. The van der Waals surface area contributed by atoms with E-state index >= 15 is 0 Å². The number of ether oxygens (including phenoxy) is 2. The zero-order valence-corrected chi connectivity index (χ0v) is 12.5. The monoisotopic (exact) mass is 289 g/mol. The van der Waals surface area contributed by atoms with Gasteiger partial charge in [-0.3, -0.25) is 0 Å². The number of nitrogens with one attached hydrogen (secondary N) is 1. The molecule has 0 aliphatic rings. The molecule has 1 N–H and O–H groups in total. The van der Waals surface area contributed by atoms with E-state index in [0.29, 0.717) is 36.7 Å². The lowest BCUT2D eigenvalue weighted by atomic mass is 10.1. The van der Waals surface area contributed by atoms with E-state index in [1.165, 1.54) is 6.20 Å². The Labute approximate surface area is 123 Å². The fourth-order valence-electron chi connectivity index (χ4n) is 2.00. The molecule has 2 aromatic heterocycles. The molecule has 0 bridgehead atoms. The number of carbonyl (C=O) groups is 1. The first kappa shape index (κ1) is 15.2. The highest BCUT2D eigenvalue weighted by Crippen LogP contribution is 2.25. The number of anilines is 1. The highest BCUT2D eigenvalue weighted by molar-refractivity contribution is 6.04. The SMILES string of the molecule is CCOC(=O)c1cnc2nc(C)ccc2c1NCCOC. The Kier molecular flexibility index (Phi) is 5.05. The van der Waals surface area contributed by atoms with E-state index in [9.17, 15) is 4.79 Å². The van der Waals surface area contributed by atoms with Crippen LogP contribution in [0.5, 0.6) is 0 Å². The maximum absolute atomic E-state index is 12.1. The molecule has 6 heteroatoms. The fraction of sp³-hybridized carbons (Fsp3) is 0.400. The number of esters is 1. The lowest BCUT2D eigenvalue weighted by molar-refractivity contribution is 0.0527. The van der Waals surface area contributed by atoms with Crippen molar-refractivity contribution in [1.29, 1.82) is 0 Å². The summed E-state index contributed by atoms with van der Waals surface area (Å²) in [6, 6.07) is 3.79. The van der Waals surface area contributed by atoms with E-state index < -0.39 is 5.97 Å². The van der Waals surface area contributed by atoms with Crippen LogP contribution in [0.3, 0.4) is 0 Å². The van der Waals surface area contributed by atoms with Crippen molar-refractivity contribution in [3.63, 3.8) is 0 Å². The number of methoxy groups -OCH3 is 1. The van der Waals surface area contributed by atoms with Gasteiger partial charge in [-0.25, -0.2) is 14.8 Å². The number of aromatic nitrogens is 2. The molecule has 0 aromatic carbocycles. The van der Waals surface area contributed by atoms with Crippen molar-refractivity contribution >= 4 is 22.7 Å². The Morgan fingerprint density at radius 1 is 1.38 bits per heavy atom. The van der Waals surface area contributed by atoms with Gasteiger partial charge in [0.2, 0.25) is 0 Å². The van der Waals surface area contributed by atoms with Gasteiger partial charge in [0.05, 0.1) is 18.9 Å². The van der Waals surface area contributed by atoms with Gasteiger partial charge in [-0.2, -0.15) is 0 Å². The van der Waals surface area contributed by atoms with Crippen LogP contribution < -0.4 is 5.32 Å². The second kappa shape index (κ2) is 6.99. The lowest BCUT2D eigenvalue weighted by Gasteiger charge is -2.13. The van der Waals surface area contributed by atoms with Gasteiger partial charge in [-0.05, 0) is 26.0 Å². The number of hydrogen-bond donors (Lipinski definition) is 1. The van der Waals surface area contributed by atoms with Crippen molar-refractivity contribution in [3.05, 3.63) is 29.6 Å². The molecular weight excluding hydrogens is 270 g/mol. The van der Waals surface area contributed by atoms with Gasteiger partial charge < -0.3 is 14.8 Å². The van der Waals surface area contributed by atoms with E-state index in [1.54, 1.807) is 14.0 Å². The number of nitrogens with zero attached hydrogens (tertiary/aromatic N) is 2. The van der Waals surface area contributed by atoms with Crippen molar-refractivity contribution in [2.75, 3.05) is 32.2 Å². The molecule has 2 heterocycles. The molecule has 0 saturated heterocycles. The summed E-state index contributed by atoms with van der Waals surface area (Å²) >= 11 is 0. The standard InChI is InChI=1S/C15H19N3O3/c1-4-21-15(19)12-9-17-14-11(6-5-10(2)18-14)13(12)16-7-8-20-3/h5-6,9H,4,7-8H2,1-3H3,(H,16,17,18). The van der Waals surface area contributed by atoms with Gasteiger partial charge in [-0.1, -0.05) is 0 Å². The van der Waals surface area contributed by atoms with Crippen LogP contribution in [-0.2, 0) is 9.47 Å². The van der Waals surface area contributed by atoms with Gasteiger partial charge in [0, 0.05) is 30.9 Å². The molecule has 2 aromatic rings. The average molecular weight is 289 g/mol. The van der Waals surface area contributed by atoms with E-state index in [2.05, 4.69) is 15.3 Å². The zero-order valence-electron chi connectivity index (χ0n) is 12.5. The number of pyridine rings is 2. The molecule has 21 heavy (non-hydrogen) atoms. The normalized spacial score (nSPS) is 10.6. The number of aryl methyl sites for hydroxylation is 1. The Bertz CT molecular complexity index is 643. The van der Waals surface area contributed by atoms with Crippen LogP contribution in [-0.4, -0.2) is 42.8 Å². The Hall–Kier alpha value is -2.21. The van der Waals surface area contributed by atoms with Gasteiger partial charge >= 0.3 is 5.97 Å². The number of fused-ring (bicyclic) bond motifs is 1. The van der Waals surface area contributed by atoms with E-state index in [-0.39, 0.29) is 0 Å². The first-order valence-corrected chi connectivity index (χ1v) is 6.83. The summed E-state index contributed by atoms with van der Waals surface area (Å²) < 4.78 is 10.1. The summed E-state index contributed by atoms with van der Waals surface area (Å²) in [6.45, 7) is 5.11. The molecule has 6 nitrogen and oxygen atoms in total. The van der Waals surface area contributed by atoms with Crippen molar-refractivity contribution in [2.45, 2.75) is 13.8 Å². The molecule has 0 spiro atoms. The average Bonchev–Trinajstić information content (AvgIpc) is 2.47. The van der Waals surface area contributed by atoms with Crippen LogP contribution in [0.4, 0.5) is 5.69 Å². The van der Waals surface area contributed by atoms with Crippen molar-refractivity contribution in [2.24, 2.45) is 0 Å². The van der Waals surface area contributed by atoms with Gasteiger partial charge in [0.25, 0.3) is 0 Å². The Balaban J connectivity index is 2.48. The summed E-state index contributed by atoms with van der Waals surface area (Å²) in [5.74, 6) is -0.396. The Morgan fingerprint density at radius 3 is 2.90 bits per heavy atom. The number of hydrogen-bond acceptors (Lipinski definition) is 6. The summed E-state index contributed by atoms with van der Waals surface area (Å²) in [6.07, 6.45) is 1.50. The highest BCUT2D eigenvalue weighted by Gasteiger charge is 2.16. The Morgan fingerprint density at radius 2 is 2.19 bits per heavy atom. The van der Waals surface area contributed by atoms with Crippen LogP contribution >= 0.6 is 0 Å². The predicted octanol–water partition coefficient (Wildman–Crippen LogP) is 2.17. The molecule has 0 amide bonds. The predicted molar refractivity (Wildman–Crippen MR) is 80.6 cm³/mol. The van der Waals surface area contributed by atoms with Crippen LogP contribution in [0.2, 0.25) is 0 Å². The smallest absolute Gasteiger partial charge is 0.341 e. The summed E-state index contributed by atoms with van der Waals surface area (Å²) in [7, 11) is 1.63. The second-order valence-corrected chi connectivity index (χ2v) is 4.51. The zero-order chi connectivity index (χ0) is 15.2. The maximum atomic E-state index is 12.1. The summed E-state index contributed by atoms with van der Waals surface area (Å²) in [4.78, 5) is 20.7. The summed E-state index contributed by atoms with van der Waals surface area (Å²) in [5, 5.41) is 4.00. The molecule has 0 fully saturated rings. The van der Waals surface area contributed by atoms with Crippen LogP contribution in [0.15, 0.2) is 18.3 Å². The highest BCUT2D eigenvalue weighted by atomic mass is 16.5. The van der Waals surface area contributed by atoms with Crippen molar-refractivity contribution < 1.29 is 14.3 Å². The second-order valence-electron chi connectivity index (χ2n) is 4.51. The number of carbonyl (C=O) groups excluding carboxylic acids is 1. The third kappa shape index (κ3) is 3.46. The molecule has 0 unspecified atom stereocenters. The van der Waals surface area contributed by atoms with Gasteiger partial charge in [-0.15, -0.1) is 0 Å². The lowest BCUT2D eigenvalue weighted by Crippen LogP contribution is -2.14. The molecule has 112 valence electrons. The minimum absolute atomic E-state index is 0.320. The molecule has 0 saturated carbocycles. The quantitative estimate of drug-likeness (QED) is 0.649. The molecule has 0 radical (unpaired) electrons. The molecular formula is C15H19N3O3. The third-order valence-corrected chi connectivity index (χ3v) is 2.97. The van der Waals surface area contributed by atoms with Crippen molar-refractivity contribution in [3.8, 4) is 0 Å². The van der Waals surface area contributed by atoms with Gasteiger partial charge in [0.15, 0.2) is 5.65 Å². The van der Waals surface area contributed by atoms with Crippen LogP contribution in [0.25, 0.3) is 11.0 Å². The van der Waals surface area contributed by atoms with E-state index in [0.717, 1.165) is 11.1 Å². The third-order valence-electron chi connectivity index (χ3n) is 2.97. The minimum Gasteiger partial charge on any atom is -0.462 e. The fourth-order valence-corrected chi connectivity index (χ4v) is 2.00. The van der Waals surface area contributed by atoms with E-state index in [4.69, 9.17) is 9.47 Å². The topological polar surface area (TPSA) is 73.3 Å². The largest absolute Gasteiger partial charge is 0.462 e. The maximum Gasteiger partial charge on any atom is 0.341 e. The van der Waals surface area contributed by atoms with Crippen LogP contribution in [0.1, 0.15) is 23.0 Å². The molecule has 0 aliphatic carbocycles.